The first kappa shape index (κ1) is 24.3. The van der Waals surface area contributed by atoms with Crippen molar-refractivity contribution in [3.05, 3.63) is 64.2 Å². The number of amides is 5. The van der Waals surface area contributed by atoms with Crippen molar-refractivity contribution in [2.75, 3.05) is 18.4 Å². The molecule has 0 bridgehead atoms. The molecular formula is C24H27ClN4O4. The van der Waals surface area contributed by atoms with Gasteiger partial charge in [-0.3, -0.25) is 19.7 Å². The quantitative estimate of drug-likeness (QED) is 0.593. The van der Waals surface area contributed by atoms with Gasteiger partial charge in [-0.2, -0.15) is 0 Å². The molecule has 174 valence electrons. The maximum Gasteiger partial charge on any atom is 0.319 e. The zero-order chi connectivity index (χ0) is 23.8. The second-order valence-electron chi connectivity index (χ2n) is 7.94. The van der Waals surface area contributed by atoms with Gasteiger partial charge in [0.1, 0.15) is 6.54 Å². The summed E-state index contributed by atoms with van der Waals surface area (Å²) < 4.78 is 0. The molecule has 1 aliphatic heterocycles. The zero-order valence-electron chi connectivity index (χ0n) is 18.4. The average Bonchev–Trinajstić information content (AvgIpc) is 2.78. The lowest BCUT2D eigenvalue weighted by atomic mass is 10.1. The maximum atomic E-state index is 13.2. The second kappa shape index (κ2) is 11.5. The van der Waals surface area contributed by atoms with Gasteiger partial charge < -0.3 is 15.5 Å². The number of imide groups is 1. The van der Waals surface area contributed by atoms with Crippen LogP contribution in [0.3, 0.4) is 0 Å². The number of carbonyl (C=O) groups is 4. The SMILES string of the molecule is Cc1ccc(NC(=O)NCc2ccccc2C(=O)N2CCCCCC(=O)NC(=O)C2)cc1Cl. The largest absolute Gasteiger partial charge is 0.334 e. The van der Waals surface area contributed by atoms with Crippen LogP contribution in [0.2, 0.25) is 5.02 Å². The number of aryl methyl sites for hydroxylation is 1. The molecule has 0 saturated carbocycles. The van der Waals surface area contributed by atoms with Crippen molar-refractivity contribution in [1.82, 2.24) is 15.5 Å². The van der Waals surface area contributed by atoms with Gasteiger partial charge in [-0.15, -0.1) is 0 Å². The van der Waals surface area contributed by atoms with Crippen LogP contribution in [0.25, 0.3) is 0 Å². The summed E-state index contributed by atoms with van der Waals surface area (Å²) in [4.78, 5) is 50.9. The normalized spacial score (nSPS) is 14.9. The second-order valence-corrected chi connectivity index (χ2v) is 8.34. The fourth-order valence-corrected chi connectivity index (χ4v) is 3.70. The summed E-state index contributed by atoms with van der Waals surface area (Å²) in [6, 6.07) is 11.7. The number of anilines is 1. The third kappa shape index (κ3) is 7.05. The highest BCUT2D eigenvalue weighted by atomic mass is 35.5. The van der Waals surface area contributed by atoms with Crippen LogP contribution in [-0.2, 0) is 16.1 Å². The first-order valence-corrected chi connectivity index (χ1v) is 11.2. The predicted molar refractivity (Wildman–Crippen MR) is 126 cm³/mol. The fraction of sp³-hybridized carbons (Fsp3) is 0.333. The maximum absolute atomic E-state index is 13.2. The number of hydrogen-bond donors (Lipinski definition) is 3. The Kier molecular flexibility index (Phi) is 8.43. The van der Waals surface area contributed by atoms with Crippen molar-refractivity contribution >= 4 is 41.0 Å². The van der Waals surface area contributed by atoms with E-state index in [2.05, 4.69) is 16.0 Å². The smallest absolute Gasteiger partial charge is 0.319 e. The molecule has 5 amide bonds. The summed E-state index contributed by atoms with van der Waals surface area (Å²) in [5.74, 6) is -1.14. The summed E-state index contributed by atoms with van der Waals surface area (Å²) in [5.41, 5.74) is 2.48. The molecule has 1 heterocycles. The fourth-order valence-electron chi connectivity index (χ4n) is 3.52. The van der Waals surface area contributed by atoms with E-state index in [1.807, 2.05) is 13.0 Å². The summed E-state index contributed by atoms with van der Waals surface area (Å²) >= 11 is 6.10. The van der Waals surface area contributed by atoms with Crippen molar-refractivity contribution in [3.63, 3.8) is 0 Å². The first-order chi connectivity index (χ1) is 15.8. The van der Waals surface area contributed by atoms with Crippen LogP contribution < -0.4 is 16.0 Å². The van der Waals surface area contributed by atoms with E-state index >= 15 is 0 Å². The highest BCUT2D eigenvalue weighted by molar-refractivity contribution is 6.31. The molecular weight excluding hydrogens is 444 g/mol. The average molecular weight is 471 g/mol. The number of carbonyl (C=O) groups excluding carboxylic acids is 4. The number of urea groups is 1. The molecule has 0 unspecified atom stereocenters. The number of benzene rings is 2. The molecule has 33 heavy (non-hydrogen) atoms. The molecule has 0 atom stereocenters. The van der Waals surface area contributed by atoms with Crippen LogP contribution in [0.15, 0.2) is 42.5 Å². The number of nitrogens with zero attached hydrogens (tertiary/aromatic N) is 1. The van der Waals surface area contributed by atoms with Gasteiger partial charge in [-0.1, -0.05) is 42.3 Å². The van der Waals surface area contributed by atoms with Gasteiger partial charge in [-0.05, 0) is 49.1 Å². The minimum atomic E-state index is -0.498. The minimum Gasteiger partial charge on any atom is -0.334 e. The Bertz CT molecular complexity index is 1060. The summed E-state index contributed by atoms with van der Waals surface area (Å²) in [6.07, 6.45) is 2.47. The van der Waals surface area contributed by atoms with E-state index in [4.69, 9.17) is 11.6 Å². The Hall–Kier alpha value is -3.39. The molecule has 8 nitrogen and oxygen atoms in total. The summed E-state index contributed by atoms with van der Waals surface area (Å²) in [6.45, 7) is 2.21. The standard InChI is InChI=1S/C24H27ClN4O4/c1-16-10-11-18(13-20(16)25)27-24(33)26-14-17-7-4-5-8-19(17)23(32)29-12-6-2-3-9-21(30)28-22(31)15-29/h4-5,7-8,10-11,13H,2-3,6,9,12,14-15H2,1H3,(H2,26,27,33)(H,28,30,31). The van der Waals surface area contributed by atoms with E-state index in [1.165, 1.54) is 4.90 Å². The Morgan fingerprint density at radius 3 is 2.64 bits per heavy atom. The van der Waals surface area contributed by atoms with E-state index in [0.717, 1.165) is 12.0 Å². The van der Waals surface area contributed by atoms with Crippen molar-refractivity contribution in [3.8, 4) is 0 Å². The van der Waals surface area contributed by atoms with Crippen LogP contribution in [-0.4, -0.2) is 41.7 Å². The minimum absolute atomic E-state index is 0.117. The Morgan fingerprint density at radius 2 is 1.85 bits per heavy atom. The monoisotopic (exact) mass is 470 g/mol. The Morgan fingerprint density at radius 1 is 1.06 bits per heavy atom. The van der Waals surface area contributed by atoms with Crippen molar-refractivity contribution < 1.29 is 19.2 Å². The molecule has 2 aromatic rings. The summed E-state index contributed by atoms with van der Waals surface area (Å²) in [7, 11) is 0. The van der Waals surface area contributed by atoms with E-state index in [9.17, 15) is 19.2 Å². The molecule has 0 radical (unpaired) electrons. The van der Waals surface area contributed by atoms with Crippen LogP contribution >= 0.6 is 11.6 Å². The van der Waals surface area contributed by atoms with Crippen molar-refractivity contribution in [2.24, 2.45) is 0 Å². The molecule has 1 fully saturated rings. The molecule has 3 rings (SSSR count). The number of nitrogens with one attached hydrogen (secondary N) is 3. The van der Waals surface area contributed by atoms with Gasteiger partial charge >= 0.3 is 6.03 Å². The lowest BCUT2D eigenvalue weighted by molar-refractivity contribution is -0.131. The highest BCUT2D eigenvalue weighted by Crippen LogP contribution is 2.20. The predicted octanol–water partition coefficient (Wildman–Crippen LogP) is 3.63. The number of halogens is 1. The number of rotatable bonds is 4. The van der Waals surface area contributed by atoms with Gasteiger partial charge in [0.05, 0.1) is 0 Å². The zero-order valence-corrected chi connectivity index (χ0v) is 19.2. The van der Waals surface area contributed by atoms with E-state index < -0.39 is 11.9 Å². The van der Waals surface area contributed by atoms with E-state index in [1.54, 1.807) is 36.4 Å². The Labute approximate surface area is 197 Å². The Balaban J connectivity index is 1.67. The van der Waals surface area contributed by atoms with E-state index in [-0.39, 0.29) is 24.9 Å². The van der Waals surface area contributed by atoms with Crippen molar-refractivity contribution in [1.29, 1.82) is 0 Å². The molecule has 0 spiro atoms. The molecule has 1 saturated heterocycles. The van der Waals surface area contributed by atoms with Gasteiger partial charge in [0, 0.05) is 35.8 Å². The van der Waals surface area contributed by atoms with Gasteiger partial charge in [0.15, 0.2) is 0 Å². The van der Waals surface area contributed by atoms with Gasteiger partial charge in [-0.25, -0.2) is 4.79 Å². The van der Waals surface area contributed by atoms with Crippen LogP contribution in [0.4, 0.5) is 10.5 Å². The molecule has 0 aliphatic carbocycles. The third-order valence-corrected chi connectivity index (χ3v) is 5.76. The number of hydrogen-bond acceptors (Lipinski definition) is 4. The topological polar surface area (TPSA) is 108 Å². The first-order valence-electron chi connectivity index (χ1n) is 10.8. The molecule has 9 heteroatoms. The van der Waals surface area contributed by atoms with Gasteiger partial charge in [0.2, 0.25) is 11.8 Å². The van der Waals surface area contributed by atoms with E-state index in [0.29, 0.717) is 47.6 Å². The van der Waals surface area contributed by atoms with Crippen LogP contribution in [0, 0.1) is 6.92 Å². The molecule has 0 aromatic heterocycles. The molecule has 3 N–H and O–H groups in total. The van der Waals surface area contributed by atoms with Crippen LogP contribution in [0.5, 0.6) is 0 Å². The molecule has 1 aliphatic rings. The molecule has 2 aromatic carbocycles. The highest BCUT2D eigenvalue weighted by Gasteiger charge is 2.22. The van der Waals surface area contributed by atoms with Gasteiger partial charge in [0.25, 0.3) is 5.91 Å². The van der Waals surface area contributed by atoms with Crippen LogP contribution in [0.1, 0.15) is 47.2 Å². The lowest BCUT2D eigenvalue weighted by Crippen LogP contribution is -2.44. The third-order valence-electron chi connectivity index (χ3n) is 5.35. The lowest BCUT2D eigenvalue weighted by Gasteiger charge is -2.24. The summed E-state index contributed by atoms with van der Waals surface area (Å²) in [5, 5.41) is 8.34. The van der Waals surface area contributed by atoms with Crippen molar-refractivity contribution in [2.45, 2.75) is 39.2 Å².